The summed E-state index contributed by atoms with van der Waals surface area (Å²) in [6.07, 6.45) is -0.217. The molecular formula is C11H18N2O4. The monoisotopic (exact) mass is 242 g/mol. The lowest BCUT2D eigenvalue weighted by Crippen LogP contribution is -2.44. The number of carbonyl (C=O) groups is 3. The maximum absolute atomic E-state index is 12.1. The van der Waals surface area contributed by atoms with Gasteiger partial charge < -0.3 is 10.8 Å². The summed E-state index contributed by atoms with van der Waals surface area (Å²) in [7, 11) is 0. The smallest absolute Gasteiger partial charge is 0.248 e. The second-order valence-electron chi connectivity index (χ2n) is 4.39. The third-order valence-electron chi connectivity index (χ3n) is 3.53. The average molecular weight is 242 g/mol. The van der Waals surface area contributed by atoms with Crippen LogP contribution < -0.4 is 5.73 Å². The minimum absolute atomic E-state index is 0.143. The van der Waals surface area contributed by atoms with Gasteiger partial charge >= 0.3 is 0 Å². The number of aliphatic hydroxyl groups excluding tert-OH is 1. The molecule has 6 nitrogen and oxygen atoms in total. The molecule has 1 rings (SSSR count). The van der Waals surface area contributed by atoms with Crippen molar-refractivity contribution in [3.05, 3.63) is 0 Å². The number of likely N-dealkylation sites (tertiary alicyclic amines) is 1. The van der Waals surface area contributed by atoms with Crippen LogP contribution in [-0.4, -0.2) is 40.4 Å². The maximum Gasteiger partial charge on any atom is 0.248 e. The number of aliphatic hydroxyl groups is 1. The summed E-state index contributed by atoms with van der Waals surface area (Å²) in [5.74, 6) is -1.59. The molecule has 96 valence electrons. The number of nitrogens with two attached hydrogens (primary N) is 1. The first-order chi connectivity index (χ1) is 7.88. The zero-order valence-electron chi connectivity index (χ0n) is 10.1. The van der Waals surface area contributed by atoms with Crippen LogP contribution in [0.1, 0.15) is 33.1 Å². The molecule has 1 aliphatic rings. The van der Waals surface area contributed by atoms with Crippen LogP contribution in [0.25, 0.3) is 0 Å². The fraction of sp³-hybridized carbons (Fsp3) is 0.727. The quantitative estimate of drug-likeness (QED) is 0.628. The summed E-state index contributed by atoms with van der Waals surface area (Å²) in [4.78, 5) is 35.5. The van der Waals surface area contributed by atoms with E-state index in [9.17, 15) is 19.5 Å². The van der Waals surface area contributed by atoms with Gasteiger partial charge in [-0.2, -0.15) is 0 Å². The van der Waals surface area contributed by atoms with Crippen LogP contribution in [0, 0.1) is 5.41 Å². The van der Waals surface area contributed by atoms with E-state index in [0.29, 0.717) is 12.8 Å². The highest BCUT2D eigenvalue weighted by atomic mass is 16.3. The highest BCUT2D eigenvalue weighted by Gasteiger charge is 2.49. The van der Waals surface area contributed by atoms with Gasteiger partial charge in [0.05, 0.1) is 12.0 Å². The van der Waals surface area contributed by atoms with Crippen LogP contribution >= 0.6 is 0 Å². The van der Waals surface area contributed by atoms with E-state index in [1.807, 2.05) is 13.8 Å². The normalized spacial score (nSPS) is 20.8. The van der Waals surface area contributed by atoms with Crippen LogP contribution in [0.5, 0.6) is 0 Å². The van der Waals surface area contributed by atoms with Gasteiger partial charge in [-0.15, -0.1) is 0 Å². The standard InChI is InChI=1S/C11H18N2O4/c1-3-11(4-2)5-8(15)13(10(11)17)6-7(14)9(12)16/h7,14H,3-6H2,1-2H3,(H2,12,16). The van der Waals surface area contributed by atoms with Crippen LogP contribution in [0.4, 0.5) is 0 Å². The molecule has 0 aromatic rings. The van der Waals surface area contributed by atoms with E-state index >= 15 is 0 Å². The van der Waals surface area contributed by atoms with E-state index in [4.69, 9.17) is 5.73 Å². The van der Waals surface area contributed by atoms with Crippen molar-refractivity contribution < 1.29 is 19.5 Å². The van der Waals surface area contributed by atoms with E-state index in [1.165, 1.54) is 0 Å². The van der Waals surface area contributed by atoms with Crippen molar-refractivity contribution in [1.29, 1.82) is 0 Å². The number of β-amino-alcohol motifs (C(OH)–C–C–N with tert-alkyl or cyclic N) is 1. The van der Waals surface area contributed by atoms with E-state index in [2.05, 4.69) is 0 Å². The Labute approximate surface area is 99.8 Å². The molecule has 0 aliphatic carbocycles. The van der Waals surface area contributed by atoms with Crippen LogP contribution in [-0.2, 0) is 14.4 Å². The first kappa shape index (κ1) is 13.6. The van der Waals surface area contributed by atoms with Gasteiger partial charge in [-0.1, -0.05) is 13.8 Å². The molecule has 0 spiro atoms. The van der Waals surface area contributed by atoms with Gasteiger partial charge in [-0.05, 0) is 12.8 Å². The van der Waals surface area contributed by atoms with Crippen LogP contribution in [0.15, 0.2) is 0 Å². The van der Waals surface area contributed by atoms with Gasteiger partial charge in [-0.3, -0.25) is 19.3 Å². The van der Waals surface area contributed by atoms with Crippen molar-refractivity contribution in [2.75, 3.05) is 6.54 Å². The highest BCUT2D eigenvalue weighted by Crippen LogP contribution is 2.39. The van der Waals surface area contributed by atoms with Crippen molar-refractivity contribution in [1.82, 2.24) is 4.90 Å². The van der Waals surface area contributed by atoms with Gasteiger partial charge in [0.15, 0.2) is 6.10 Å². The number of nitrogens with zero attached hydrogens (tertiary/aromatic N) is 1. The molecule has 0 aromatic carbocycles. The fourth-order valence-corrected chi connectivity index (χ4v) is 2.11. The van der Waals surface area contributed by atoms with Crippen LogP contribution in [0.2, 0.25) is 0 Å². The fourth-order valence-electron chi connectivity index (χ4n) is 2.11. The molecule has 1 fully saturated rings. The molecule has 3 N–H and O–H groups in total. The first-order valence-corrected chi connectivity index (χ1v) is 5.70. The Morgan fingerprint density at radius 3 is 2.35 bits per heavy atom. The minimum atomic E-state index is -1.49. The lowest BCUT2D eigenvalue weighted by molar-refractivity contribution is -0.144. The molecule has 0 bridgehead atoms. The molecule has 1 aliphatic heterocycles. The number of primary amides is 1. The highest BCUT2D eigenvalue weighted by molar-refractivity contribution is 6.06. The Kier molecular flexibility index (Phi) is 3.87. The zero-order chi connectivity index (χ0) is 13.2. The maximum atomic E-state index is 12.1. The number of amides is 3. The van der Waals surface area contributed by atoms with E-state index in [-0.39, 0.29) is 24.8 Å². The van der Waals surface area contributed by atoms with Crippen LogP contribution in [0.3, 0.4) is 0 Å². The topological polar surface area (TPSA) is 101 Å². The van der Waals surface area contributed by atoms with Crippen molar-refractivity contribution in [2.24, 2.45) is 11.1 Å². The molecule has 0 radical (unpaired) electrons. The number of imide groups is 1. The summed E-state index contributed by atoms with van der Waals surface area (Å²) in [6.45, 7) is 3.36. The number of carbonyl (C=O) groups excluding carboxylic acids is 3. The predicted molar refractivity (Wildman–Crippen MR) is 59.6 cm³/mol. The van der Waals surface area contributed by atoms with E-state index < -0.39 is 17.4 Å². The van der Waals surface area contributed by atoms with Gasteiger partial charge in [-0.25, -0.2) is 0 Å². The minimum Gasteiger partial charge on any atom is -0.381 e. The molecule has 1 unspecified atom stereocenters. The summed E-state index contributed by atoms with van der Waals surface area (Å²) >= 11 is 0. The lowest BCUT2D eigenvalue weighted by Gasteiger charge is -2.24. The Bertz CT molecular complexity index is 349. The second-order valence-corrected chi connectivity index (χ2v) is 4.39. The van der Waals surface area contributed by atoms with Crippen molar-refractivity contribution in [3.8, 4) is 0 Å². The van der Waals surface area contributed by atoms with Crippen molar-refractivity contribution in [2.45, 2.75) is 39.2 Å². The molecule has 17 heavy (non-hydrogen) atoms. The lowest BCUT2D eigenvalue weighted by atomic mass is 9.81. The number of hydrogen-bond acceptors (Lipinski definition) is 4. The molecule has 6 heteroatoms. The Morgan fingerprint density at radius 2 is 2.00 bits per heavy atom. The largest absolute Gasteiger partial charge is 0.381 e. The second kappa shape index (κ2) is 4.83. The molecule has 1 saturated heterocycles. The summed E-state index contributed by atoms with van der Waals surface area (Å²) in [5.41, 5.74) is 4.23. The first-order valence-electron chi connectivity index (χ1n) is 5.70. The molecule has 0 saturated carbocycles. The SMILES string of the molecule is CCC1(CC)CC(=O)N(CC(O)C(N)=O)C1=O. The van der Waals surface area contributed by atoms with Crippen molar-refractivity contribution >= 4 is 17.7 Å². The number of rotatable bonds is 5. The molecule has 1 heterocycles. The molecule has 1 atom stereocenters. The molecular weight excluding hydrogens is 224 g/mol. The third-order valence-corrected chi connectivity index (χ3v) is 3.53. The predicted octanol–water partition coefficient (Wildman–Crippen LogP) is -0.602. The summed E-state index contributed by atoms with van der Waals surface area (Å²) in [5, 5.41) is 9.32. The van der Waals surface area contributed by atoms with E-state index in [0.717, 1.165) is 4.90 Å². The third kappa shape index (κ3) is 2.31. The molecule has 0 aromatic heterocycles. The molecule has 3 amide bonds. The average Bonchev–Trinajstić information content (AvgIpc) is 2.53. The van der Waals surface area contributed by atoms with Gasteiger partial charge in [0, 0.05) is 6.42 Å². The van der Waals surface area contributed by atoms with Gasteiger partial charge in [0.1, 0.15) is 0 Å². The summed E-state index contributed by atoms with van der Waals surface area (Å²) in [6, 6.07) is 0. The van der Waals surface area contributed by atoms with Gasteiger partial charge in [0.25, 0.3) is 0 Å². The Balaban J connectivity index is 2.86. The van der Waals surface area contributed by atoms with Crippen molar-refractivity contribution in [3.63, 3.8) is 0 Å². The zero-order valence-corrected chi connectivity index (χ0v) is 10.1. The Morgan fingerprint density at radius 1 is 1.47 bits per heavy atom. The van der Waals surface area contributed by atoms with E-state index in [1.54, 1.807) is 0 Å². The number of hydrogen-bond donors (Lipinski definition) is 2. The Hall–Kier alpha value is -1.43. The summed E-state index contributed by atoms with van der Waals surface area (Å²) < 4.78 is 0. The van der Waals surface area contributed by atoms with Gasteiger partial charge in [0.2, 0.25) is 17.7 Å².